The number of phenols is 2. The first-order valence-electron chi connectivity index (χ1n) is 12.6. The summed E-state index contributed by atoms with van der Waals surface area (Å²) in [5.41, 5.74) is 2.13. The van der Waals surface area contributed by atoms with Gasteiger partial charge in [-0.25, -0.2) is 9.59 Å². The number of halogens is 1. The Kier molecular flexibility index (Phi) is 10.6. The Bertz CT molecular complexity index is 1450. The summed E-state index contributed by atoms with van der Waals surface area (Å²) >= 11 is 2.09. The number of aromatic carboxylic acids is 2. The molecule has 0 amide bonds. The van der Waals surface area contributed by atoms with Crippen LogP contribution in [0.3, 0.4) is 0 Å². The van der Waals surface area contributed by atoms with Gasteiger partial charge in [-0.1, -0.05) is 71.9 Å². The van der Waals surface area contributed by atoms with Crippen molar-refractivity contribution >= 4 is 45.3 Å². The molecule has 7 nitrogen and oxygen atoms in total. The van der Waals surface area contributed by atoms with Crippen LogP contribution in [0.25, 0.3) is 0 Å². The van der Waals surface area contributed by atoms with E-state index in [0.29, 0.717) is 32.9 Å². The van der Waals surface area contributed by atoms with Gasteiger partial charge in [-0.15, -0.1) is 0 Å². The normalized spacial score (nSPS) is 12.3. The van der Waals surface area contributed by atoms with Crippen molar-refractivity contribution in [3.05, 3.63) is 85.0 Å². The van der Waals surface area contributed by atoms with E-state index in [-0.39, 0.29) is 28.0 Å². The largest absolute Gasteiger partial charge is 0.507 e. The van der Waals surface area contributed by atoms with E-state index >= 15 is 0 Å². The van der Waals surface area contributed by atoms with E-state index in [1.807, 2.05) is 77.9 Å². The van der Waals surface area contributed by atoms with E-state index < -0.39 is 28.2 Å². The molecule has 0 saturated carbocycles. The van der Waals surface area contributed by atoms with Crippen LogP contribution in [0.4, 0.5) is 0 Å². The van der Waals surface area contributed by atoms with Crippen LogP contribution in [0.2, 0.25) is 0 Å². The van der Waals surface area contributed by atoms with Gasteiger partial charge in [0.15, 0.2) is 0 Å². The molecular weight excluding hydrogens is 643 g/mol. The summed E-state index contributed by atoms with van der Waals surface area (Å²) in [7, 11) is -1.40. The van der Waals surface area contributed by atoms with Gasteiger partial charge in [-0.05, 0) is 76.1 Å². The third-order valence-electron chi connectivity index (χ3n) is 6.44. The van der Waals surface area contributed by atoms with E-state index in [1.54, 1.807) is 19.9 Å². The predicted octanol–water partition coefficient (Wildman–Crippen LogP) is 7.31. The van der Waals surface area contributed by atoms with Crippen LogP contribution in [0.15, 0.2) is 47.4 Å². The number of aromatic hydroxyl groups is 2. The summed E-state index contributed by atoms with van der Waals surface area (Å²) < 4.78 is 13.7. The molecule has 0 aromatic heterocycles. The quantitative estimate of drug-likeness (QED) is 0.208. The van der Waals surface area contributed by atoms with Gasteiger partial charge in [0.05, 0.1) is 16.6 Å². The van der Waals surface area contributed by atoms with Crippen molar-refractivity contribution in [2.75, 3.05) is 0 Å². The van der Waals surface area contributed by atoms with E-state index in [0.717, 1.165) is 9.13 Å². The van der Waals surface area contributed by atoms with Crippen LogP contribution in [-0.4, -0.2) is 36.6 Å². The molecule has 0 aliphatic carbocycles. The fraction of sp³-hybridized carbons (Fsp3) is 0.355. The van der Waals surface area contributed by atoms with Crippen LogP contribution in [0.1, 0.15) is 90.1 Å². The van der Waals surface area contributed by atoms with Gasteiger partial charge in [-0.3, -0.25) is 4.21 Å². The highest BCUT2D eigenvalue weighted by Gasteiger charge is 2.28. The summed E-state index contributed by atoms with van der Waals surface area (Å²) in [4.78, 5) is 23.2. The summed E-state index contributed by atoms with van der Waals surface area (Å²) in [5.74, 6) is -2.35. The third-order valence-corrected chi connectivity index (χ3v) is 9.07. The molecule has 9 heteroatoms. The second-order valence-corrected chi connectivity index (χ2v) is 14.2. The topological polar surface area (TPSA) is 132 Å². The maximum atomic E-state index is 12.8. The van der Waals surface area contributed by atoms with Gasteiger partial charge < -0.3 is 20.4 Å². The number of benzene rings is 3. The van der Waals surface area contributed by atoms with Crippen LogP contribution >= 0.6 is 22.6 Å². The molecule has 0 aliphatic rings. The molecule has 0 spiro atoms. The van der Waals surface area contributed by atoms with Crippen LogP contribution in [0, 0.1) is 17.4 Å². The molecule has 0 aliphatic heterocycles. The second-order valence-electron chi connectivity index (χ2n) is 11.6. The van der Waals surface area contributed by atoms with Crippen molar-refractivity contribution in [3.8, 4) is 11.5 Å². The smallest absolute Gasteiger partial charge is 0.339 e. The van der Waals surface area contributed by atoms with Crippen LogP contribution in [0.5, 0.6) is 11.5 Å². The highest BCUT2D eigenvalue weighted by molar-refractivity contribution is 14.1. The van der Waals surface area contributed by atoms with Gasteiger partial charge in [0.25, 0.3) is 0 Å². The van der Waals surface area contributed by atoms with E-state index in [2.05, 4.69) is 22.6 Å². The first-order valence-corrected chi connectivity index (χ1v) is 15.0. The minimum Gasteiger partial charge on any atom is -0.507 e. The molecule has 3 aromatic rings. The molecular formula is C31H37IO7S. The highest BCUT2D eigenvalue weighted by atomic mass is 127. The zero-order valence-electron chi connectivity index (χ0n) is 24.0. The summed E-state index contributed by atoms with van der Waals surface area (Å²) in [6, 6.07) is 12.9. The van der Waals surface area contributed by atoms with Crippen molar-refractivity contribution in [2.24, 2.45) is 0 Å². The number of hydrogen-bond donors (Lipinski definition) is 4. The molecule has 1 unspecified atom stereocenters. The molecule has 0 radical (unpaired) electrons. The Morgan fingerprint density at radius 3 is 1.62 bits per heavy atom. The number of hydrogen-bond acceptors (Lipinski definition) is 5. The summed E-state index contributed by atoms with van der Waals surface area (Å²) in [6.45, 7) is 14.8. The lowest BCUT2D eigenvalue weighted by Crippen LogP contribution is -2.16. The molecule has 216 valence electrons. The minimum atomic E-state index is -1.40. The molecule has 0 saturated heterocycles. The number of rotatable bonds is 5. The number of carbonyl (C=O) groups is 2. The monoisotopic (exact) mass is 680 g/mol. The zero-order chi connectivity index (χ0) is 30.7. The van der Waals surface area contributed by atoms with Crippen molar-refractivity contribution in [3.63, 3.8) is 0 Å². The predicted molar refractivity (Wildman–Crippen MR) is 166 cm³/mol. The first-order chi connectivity index (χ1) is 18.3. The Morgan fingerprint density at radius 2 is 1.20 bits per heavy atom. The van der Waals surface area contributed by atoms with Crippen LogP contribution < -0.4 is 0 Å². The molecule has 3 rings (SSSR count). The van der Waals surface area contributed by atoms with Gasteiger partial charge >= 0.3 is 11.9 Å². The Labute approximate surface area is 251 Å². The van der Waals surface area contributed by atoms with Crippen molar-refractivity contribution < 1.29 is 34.2 Å². The molecule has 40 heavy (non-hydrogen) atoms. The average molecular weight is 681 g/mol. The van der Waals surface area contributed by atoms with E-state index in [9.17, 15) is 29.1 Å². The first kappa shape index (κ1) is 33.3. The Morgan fingerprint density at radius 1 is 0.775 bits per heavy atom. The second kappa shape index (κ2) is 12.7. The SMILES string of the molecule is Cc1c(I)cc(C(C)(C)C)c(O)c1C(=O)O.Cc1c(S(=O)Cc2ccccc2)cc(C(C)(C)C)c(O)c1C(=O)O. The highest BCUT2D eigenvalue weighted by Crippen LogP contribution is 2.39. The molecule has 1 atom stereocenters. The molecule has 3 aromatic carbocycles. The molecule has 0 bridgehead atoms. The average Bonchev–Trinajstić information content (AvgIpc) is 2.80. The van der Waals surface area contributed by atoms with Crippen molar-refractivity contribution in [1.29, 1.82) is 0 Å². The van der Waals surface area contributed by atoms with Crippen molar-refractivity contribution in [2.45, 2.75) is 76.9 Å². The fourth-order valence-corrected chi connectivity index (χ4v) is 6.11. The van der Waals surface area contributed by atoms with Gasteiger partial charge in [-0.2, -0.15) is 0 Å². The number of carboxylic acid groups (broad SMARTS) is 2. The lowest BCUT2D eigenvalue weighted by atomic mass is 9.84. The molecule has 4 N–H and O–H groups in total. The standard InChI is InChI=1S/C19H22O4S.C12H15IO3/c1-12-15(24(23)11-13-8-6-5-7-9-13)10-14(19(2,3)4)17(20)16(12)18(21)22;1-6-8(13)5-7(12(2,3)4)10(14)9(6)11(15)16/h5-10,20H,11H2,1-4H3,(H,21,22);5,14H,1-4H3,(H,15,16). The lowest BCUT2D eigenvalue weighted by Gasteiger charge is -2.24. The number of carboxylic acids is 2. The third kappa shape index (κ3) is 7.63. The van der Waals surface area contributed by atoms with Gasteiger partial charge in [0.1, 0.15) is 22.6 Å². The lowest BCUT2D eigenvalue weighted by molar-refractivity contribution is 0.0680. The molecule has 0 heterocycles. The zero-order valence-corrected chi connectivity index (χ0v) is 27.0. The Hall–Kier alpha value is -2.92. The summed E-state index contributed by atoms with van der Waals surface area (Å²) in [5, 5.41) is 39.0. The van der Waals surface area contributed by atoms with Gasteiger partial charge in [0.2, 0.25) is 0 Å². The van der Waals surface area contributed by atoms with Gasteiger partial charge in [0, 0.05) is 19.6 Å². The maximum Gasteiger partial charge on any atom is 0.339 e. The van der Waals surface area contributed by atoms with E-state index in [4.69, 9.17) is 5.11 Å². The maximum absolute atomic E-state index is 12.8. The van der Waals surface area contributed by atoms with E-state index in [1.165, 1.54) is 0 Å². The minimum absolute atomic E-state index is 0.0109. The Balaban J connectivity index is 0.000000305. The van der Waals surface area contributed by atoms with Crippen LogP contribution in [-0.2, 0) is 27.4 Å². The van der Waals surface area contributed by atoms with Crippen molar-refractivity contribution in [1.82, 2.24) is 0 Å². The fourth-order valence-electron chi connectivity index (χ4n) is 4.18. The summed E-state index contributed by atoms with van der Waals surface area (Å²) in [6.07, 6.45) is 0. The molecule has 0 fully saturated rings.